The first-order valence-corrected chi connectivity index (χ1v) is 7.44. The molecule has 3 aromatic rings. The maximum Gasteiger partial charge on any atom is 0.411 e. The van der Waals surface area contributed by atoms with E-state index in [0.29, 0.717) is 12.2 Å². The zero-order valence-electron chi connectivity index (χ0n) is 12.6. The number of nitrogens with one attached hydrogen (secondary N) is 1. The van der Waals surface area contributed by atoms with E-state index in [2.05, 4.69) is 5.32 Å². The third kappa shape index (κ3) is 3.70. The van der Waals surface area contributed by atoms with E-state index in [9.17, 15) is 4.79 Å². The Bertz CT molecular complexity index is 796. The van der Waals surface area contributed by atoms with E-state index in [1.54, 1.807) is 0 Å². The van der Waals surface area contributed by atoms with Gasteiger partial charge in [0.1, 0.15) is 6.61 Å². The number of aromatic nitrogens is 1. The summed E-state index contributed by atoms with van der Waals surface area (Å²) in [6.45, 7) is 0.882. The number of fused-ring (bicyclic) bond motifs is 1. The average Bonchev–Trinajstić information content (AvgIpc) is 2.97. The molecule has 3 rings (SSSR count). The number of aliphatic hydroxyl groups is 1. The van der Waals surface area contributed by atoms with Gasteiger partial charge in [0.2, 0.25) is 0 Å². The van der Waals surface area contributed by atoms with Crippen molar-refractivity contribution in [1.29, 1.82) is 0 Å². The summed E-state index contributed by atoms with van der Waals surface area (Å²) in [7, 11) is 0. The van der Waals surface area contributed by atoms with E-state index in [0.717, 1.165) is 16.5 Å². The lowest BCUT2D eigenvalue weighted by molar-refractivity contribution is 0.155. The molecule has 0 saturated heterocycles. The van der Waals surface area contributed by atoms with Gasteiger partial charge in [-0.3, -0.25) is 5.32 Å². The minimum atomic E-state index is -0.483. The second-order valence-corrected chi connectivity index (χ2v) is 5.19. The van der Waals surface area contributed by atoms with Gasteiger partial charge in [0.05, 0.1) is 6.61 Å². The van der Waals surface area contributed by atoms with Crippen LogP contribution in [0.5, 0.6) is 0 Å². The molecule has 0 aliphatic heterocycles. The van der Waals surface area contributed by atoms with Crippen LogP contribution in [0.25, 0.3) is 10.9 Å². The Kier molecular flexibility index (Phi) is 4.59. The Labute approximate surface area is 134 Å². The Morgan fingerprint density at radius 1 is 1.13 bits per heavy atom. The zero-order chi connectivity index (χ0) is 16.1. The van der Waals surface area contributed by atoms with E-state index in [1.807, 2.05) is 65.4 Å². The monoisotopic (exact) mass is 310 g/mol. The molecular formula is C18H18N2O3. The van der Waals surface area contributed by atoms with Crippen LogP contribution >= 0.6 is 0 Å². The highest BCUT2D eigenvalue weighted by molar-refractivity contribution is 5.90. The predicted octanol–water partition coefficient (Wildman–Crippen LogP) is 3.38. The first kappa shape index (κ1) is 15.1. The minimum Gasteiger partial charge on any atom is -0.444 e. The van der Waals surface area contributed by atoms with Gasteiger partial charge in [-0.05, 0) is 29.8 Å². The molecule has 1 aromatic heterocycles. The lowest BCUT2D eigenvalue weighted by Crippen LogP contribution is -2.13. The van der Waals surface area contributed by atoms with Crippen LogP contribution in [0.3, 0.4) is 0 Å². The third-order valence-electron chi connectivity index (χ3n) is 3.57. The molecule has 1 heterocycles. The van der Waals surface area contributed by atoms with Gasteiger partial charge in [0.15, 0.2) is 0 Å². The smallest absolute Gasteiger partial charge is 0.411 e. The molecule has 2 aromatic carbocycles. The van der Waals surface area contributed by atoms with Crippen LogP contribution in [0.15, 0.2) is 60.8 Å². The maximum atomic E-state index is 11.9. The van der Waals surface area contributed by atoms with Gasteiger partial charge in [0, 0.05) is 29.3 Å². The third-order valence-corrected chi connectivity index (χ3v) is 3.57. The topological polar surface area (TPSA) is 63.5 Å². The fourth-order valence-electron chi connectivity index (χ4n) is 2.46. The SMILES string of the molecule is O=C(Nc1ccc2c(ccn2CCO)c1)OCc1ccccc1. The Morgan fingerprint density at radius 2 is 1.96 bits per heavy atom. The van der Waals surface area contributed by atoms with E-state index in [-0.39, 0.29) is 13.2 Å². The number of carbonyl (C=O) groups excluding carboxylic acids is 1. The van der Waals surface area contributed by atoms with Crippen LogP contribution in [-0.4, -0.2) is 22.4 Å². The molecule has 0 unspecified atom stereocenters. The lowest BCUT2D eigenvalue weighted by Gasteiger charge is -2.08. The first-order valence-electron chi connectivity index (χ1n) is 7.44. The summed E-state index contributed by atoms with van der Waals surface area (Å²) in [5.74, 6) is 0. The van der Waals surface area contributed by atoms with Crippen LogP contribution in [0.1, 0.15) is 5.56 Å². The number of aliphatic hydroxyl groups excluding tert-OH is 1. The maximum absolute atomic E-state index is 11.9. The molecule has 0 atom stereocenters. The minimum absolute atomic E-state index is 0.0929. The van der Waals surface area contributed by atoms with Crippen molar-refractivity contribution in [2.75, 3.05) is 11.9 Å². The predicted molar refractivity (Wildman–Crippen MR) is 89.3 cm³/mol. The lowest BCUT2D eigenvalue weighted by atomic mass is 10.2. The van der Waals surface area contributed by atoms with E-state index < -0.39 is 6.09 Å². The van der Waals surface area contributed by atoms with Gasteiger partial charge in [-0.25, -0.2) is 4.79 Å². The summed E-state index contributed by atoms with van der Waals surface area (Å²) in [6, 6.07) is 17.1. The normalized spacial score (nSPS) is 10.7. The molecule has 0 radical (unpaired) electrons. The zero-order valence-corrected chi connectivity index (χ0v) is 12.6. The molecule has 23 heavy (non-hydrogen) atoms. The first-order chi connectivity index (χ1) is 11.3. The second kappa shape index (κ2) is 6.98. The number of hydrogen-bond donors (Lipinski definition) is 2. The molecule has 5 heteroatoms. The number of ether oxygens (including phenoxy) is 1. The average molecular weight is 310 g/mol. The number of nitrogens with zero attached hydrogens (tertiary/aromatic N) is 1. The quantitative estimate of drug-likeness (QED) is 0.759. The van der Waals surface area contributed by atoms with Crippen molar-refractivity contribution in [2.24, 2.45) is 0 Å². The van der Waals surface area contributed by atoms with Crippen LogP contribution in [0, 0.1) is 0 Å². The molecule has 1 amide bonds. The van der Waals surface area contributed by atoms with Gasteiger partial charge < -0.3 is 14.4 Å². The van der Waals surface area contributed by atoms with Crippen molar-refractivity contribution in [3.8, 4) is 0 Å². The van der Waals surface area contributed by atoms with Gasteiger partial charge in [-0.1, -0.05) is 30.3 Å². The fraction of sp³-hybridized carbons (Fsp3) is 0.167. The van der Waals surface area contributed by atoms with Crippen molar-refractivity contribution >= 4 is 22.7 Å². The highest BCUT2D eigenvalue weighted by Crippen LogP contribution is 2.20. The summed E-state index contributed by atoms with van der Waals surface area (Å²) in [5, 5.41) is 12.8. The molecule has 0 aliphatic carbocycles. The standard InChI is InChI=1S/C18H18N2O3/c21-11-10-20-9-8-15-12-16(6-7-17(15)20)19-18(22)23-13-14-4-2-1-3-5-14/h1-9,12,21H,10-11,13H2,(H,19,22). The van der Waals surface area contributed by atoms with Crippen LogP contribution < -0.4 is 5.32 Å². The van der Waals surface area contributed by atoms with Crippen molar-refractivity contribution in [2.45, 2.75) is 13.2 Å². The summed E-state index contributed by atoms with van der Waals surface area (Å²) < 4.78 is 7.16. The van der Waals surface area contributed by atoms with Gasteiger partial charge in [-0.15, -0.1) is 0 Å². The van der Waals surface area contributed by atoms with Gasteiger partial charge in [0.25, 0.3) is 0 Å². The summed E-state index contributed by atoms with van der Waals surface area (Å²) in [5.41, 5.74) is 2.64. The highest BCUT2D eigenvalue weighted by atomic mass is 16.5. The molecule has 0 spiro atoms. The van der Waals surface area contributed by atoms with Gasteiger partial charge >= 0.3 is 6.09 Å². The van der Waals surface area contributed by atoms with E-state index in [4.69, 9.17) is 9.84 Å². The van der Waals surface area contributed by atoms with Crippen LogP contribution in [0.4, 0.5) is 10.5 Å². The number of hydrogen-bond acceptors (Lipinski definition) is 3. The number of rotatable bonds is 5. The summed E-state index contributed by atoms with van der Waals surface area (Å²) in [4.78, 5) is 11.9. The molecule has 0 fully saturated rings. The molecule has 0 bridgehead atoms. The van der Waals surface area contributed by atoms with Crippen molar-refractivity contribution in [3.05, 3.63) is 66.4 Å². The Balaban J connectivity index is 1.63. The number of anilines is 1. The largest absolute Gasteiger partial charge is 0.444 e. The number of benzene rings is 2. The summed E-state index contributed by atoms with van der Waals surface area (Å²) >= 11 is 0. The highest BCUT2D eigenvalue weighted by Gasteiger charge is 2.06. The molecule has 0 aliphatic rings. The molecular weight excluding hydrogens is 292 g/mol. The van der Waals surface area contributed by atoms with E-state index in [1.165, 1.54) is 0 Å². The molecule has 118 valence electrons. The Hall–Kier alpha value is -2.79. The van der Waals surface area contributed by atoms with E-state index >= 15 is 0 Å². The fourth-order valence-corrected chi connectivity index (χ4v) is 2.46. The van der Waals surface area contributed by atoms with Crippen molar-refractivity contribution in [1.82, 2.24) is 4.57 Å². The van der Waals surface area contributed by atoms with Crippen LogP contribution in [0.2, 0.25) is 0 Å². The van der Waals surface area contributed by atoms with Crippen LogP contribution in [-0.2, 0) is 17.9 Å². The Morgan fingerprint density at radius 3 is 2.74 bits per heavy atom. The number of amides is 1. The van der Waals surface area contributed by atoms with Crippen molar-refractivity contribution < 1.29 is 14.6 Å². The summed E-state index contributed by atoms with van der Waals surface area (Å²) in [6.07, 6.45) is 1.43. The molecule has 0 saturated carbocycles. The van der Waals surface area contributed by atoms with Gasteiger partial charge in [-0.2, -0.15) is 0 Å². The van der Waals surface area contributed by atoms with Crippen molar-refractivity contribution in [3.63, 3.8) is 0 Å². The second-order valence-electron chi connectivity index (χ2n) is 5.19. The number of carbonyl (C=O) groups is 1. The molecule has 5 nitrogen and oxygen atoms in total. The molecule has 2 N–H and O–H groups in total.